The first kappa shape index (κ1) is 18.4. The second-order valence-corrected chi connectivity index (χ2v) is 7.96. The molecule has 0 atom stereocenters. The van der Waals surface area contributed by atoms with E-state index in [2.05, 4.69) is 5.32 Å². The molecule has 0 aliphatic carbocycles. The zero-order valence-electron chi connectivity index (χ0n) is 15.9. The Balaban J connectivity index is 1.60. The average Bonchev–Trinajstić information content (AvgIpc) is 3.22. The van der Waals surface area contributed by atoms with E-state index in [0.29, 0.717) is 33.0 Å². The van der Waals surface area contributed by atoms with Crippen LogP contribution in [0.25, 0.3) is 21.2 Å². The van der Waals surface area contributed by atoms with Gasteiger partial charge < -0.3 is 14.8 Å². The first-order valence-electron chi connectivity index (χ1n) is 9.49. The van der Waals surface area contributed by atoms with Crippen LogP contribution in [0.2, 0.25) is 0 Å². The molecule has 0 saturated carbocycles. The third-order valence-electron chi connectivity index (χ3n) is 4.92. The maximum absolute atomic E-state index is 13.4. The van der Waals surface area contributed by atoms with Gasteiger partial charge in [-0.1, -0.05) is 48.5 Å². The van der Waals surface area contributed by atoms with Crippen molar-refractivity contribution in [2.24, 2.45) is 0 Å². The number of anilines is 1. The maximum Gasteiger partial charge on any atom is 0.231 e. The molecule has 0 spiro atoms. The molecule has 30 heavy (non-hydrogen) atoms. The Labute approximate surface area is 176 Å². The molecule has 4 aromatic rings. The molecule has 5 rings (SSSR count). The van der Waals surface area contributed by atoms with E-state index in [1.165, 1.54) is 11.3 Å². The van der Waals surface area contributed by atoms with E-state index >= 15 is 0 Å². The summed E-state index contributed by atoms with van der Waals surface area (Å²) in [5.41, 5.74) is 1.92. The lowest BCUT2D eigenvalue weighted by Crippen LogP contribution is -2.17. The zero-order chi connectivity index (χ0) is 20.5. The number of rotatable bonds is 4. The van der Waals surface area contributed by atoms with E-state index in [4.69, 9.17) is 9.47 Å². The van der Waals surface area contributed by atoms with Gasteiger partial charge in [-0.15, -0.1) is 11.3 Å². The van der Waals surface area contributed by atoms with Crippen LogP contribution in [0.1, 0.15) is 5.56 Å². The van der Waals surface area contributed by atoms with E-state index in [9.17, 15) is 9.59 Å². The molecule has 3 aromatic carbocycles. The molecular formula is C24H17NO4S. The Morgan fingerprint density at radius 3 is 2.57 bits per heavy atom. The highest BCUT2D eigenvalue weighted by atomic mass is 32.1. The van der Waals surface area contributed by atoms with Crippen molar-refractivity contribution in [3.63, 3.8) is 0 Å². The van der Waals surface area contributed by atoms with Crippen LogP contribution in [-0.4, -0.2) is 12.7 Å². The molecule has 1 aliphatic heterocycles. The van der Waals surface area contributed by atoms with Crippen molar-refractivity contribution >= 4 is 32.3 Å². The van der Waals surface area contributed by atoms with Crippen LogP contribution < -0.4 is 20.2 Å². The molecular weight excluding hydrogens is 398 g/mol. The van der Waals surface area contributed by atoms with Gasteiger partial charge in [-0.05, 0) is 35.4 Å². The molecule has 2 heterocycles. The highest BCUT2D eigenvalue weighted by Crippen LogP contribution is 2.39. The van der Waals surface area contributed by atoms with E-state index < -0.39 is 0 Å². The largest absolute Gasteiger partial charge is 0.454 e. The van der Waals surface area contributed by atoms with Crippen LogP contribution in [0.4, 0.5) is 5.00 Å². The lowest BCUT2D eigenvalue weighted by Gasteiger charge is -2.12. The molecule has 0 radical (unpaired) electrons. The van der Waals surface area contributed by atoms with Gasteiger partial charge in [0.1, 0.15) is 5.00 Å². The van der Waals surface area contributed by atoms with Gasteiger partial charge >= 0.3 is 0 Å². The fraction of sp³-hybridized carbons (Fsp3) is 0.0833. The van der Waals surface area contributed by atoms with Gasteiger partial charge in [-0.2, -0.15) is 0 Å². The van der Waals surface area contributed by atoms with Crippen molar-refractivity contribution in [3.05, 3.63) is 88.6 Å². The Morgan fingerprint density at radius 2 is 1.70 bits per heavy atom. The molecule has 148 valence electrons. The van der Waals surface area contributed by atoms with Gasteiger partial charge in [-0.3, -0.25) is 9.59 Å². The minimum Gasteiger partial charge on any atom is -0.454 e. The maximum atomic E-state index is 13.4. The lowest BCUT2D eigenvalue weighted by molar-refractivity contribution is -0.115. The summed E-state index contributed by atoms with van der Waals surface area (Å²) in [6.45, 7) is 0.157. The van der Waals surface area contributed by atoms with E-state index in [-0.39, 0.29) is 24.5 Å². The van der Waals surface area contributed by atoms with Crippen molar-refractivity contribution in [3.8, 4) is 22.6 Å². The van der Waals surface area contributed by atoms with Gasteiger partial charge in [-0.25, -0.2) is 0 Å². The minimum atomic E-state index is -0.172. The van der Waals surface area contributed by atoms with Crippen molar-refractivity contribution in [1.82, 2.24) is 0 Å². The molecule has 0 saturated heterocycles. The molecule has 1 amide bonds. The fourth-order valence-electron chi connectivity index (χ4n) is 3.50. The second-order valence-electron chi connectivity index (χ2n) is 6.91. The van der Waals surface area contributed by atoms with E-state index in [1.54, 1.807) is 18.2 Å². The second kappa shape index (κ2) is 7.65. The van der Waals surface area contributed by atoms with Crippen molar-refractivity contribution in [2.75, 3.05) is 12.1 Å². The first-order chi connectivity index (χ1) is 14.7. The van der Waals surface area contributed by atoms with Gasteiger partial charge in [0.15, 0.2) is 16.9 Å². The Bertz CT molecular complexity index is 1310. The van der Waals surface area contributed by atoms with E-state index in [0.717, 1.165) is 10.3 Å². The molecule has 1 N–H and O–H groups in total. The van der Waals surface area contributed by atoms with Crippen LogP contribution >= 0.6 is 11.3 Å². The summed E-state index contributed by atoms with van der Waals surface area (Å²) in [5.74, 6) is 1.06. The summed E-state index contributed by atoms with van der Waals surface area (Å²) >= 11 is 1.39. The van der Waals surface area contributed by atoms with Gasteiger partial charge in [0.2, 0.25) is 12.7 Å². The molecule has 0 unspecified atom stereocenters. The lowest BCUT2D eigenvalue weighted by atomic mass is 10.0. The van der Waals surface area contributed by atoms with Crippen molar-refractivity contribution in [1.29, 1.82) is 0 Å². The highest BCUT2D eigenvalue weighted by Gasteiger charge is 2.20. The minimum absolute atomic E-state index is 0.127. The number of hydrogen-bond acceptors (Lipinski definition) is 5. The number of amides is 1. The standard InChI is InChI=1S/C24H17NO4S/c26-21(12-15-6-2-1-3-7-15)25-24-22(16-10-11-18-19(13-16)29-14-28-18)23(27)17-8-4-5-9-20(17)30-24/h1-11,13H,12,14H2,(H,25,26). The van der Waals surface area contributed by atoms with Crippen LogP contribution in [0.15, 0.2) is 77.6 Å². The third kappa shape index (κ3) is 3.42. The van der Waals surface area contributed by atoms with Crippen LogP contribution in [-0.2, 0) is 11.2 Å². The number of nitrogens with one attached hydrogen (secondary N) is 1. The summed E-state index contributed by atoms with van der Waals surface area (Å²) < 4.78 is 11.7. The molecule has 6 heteroatoms. The summed E-state index contributed by atoms with van der Waals surface area (Å²) in [7, 11) is 0. The normalized spacial score (nSPS) is 12.1. The molecule has 1 aromatic heterocycles. The molecule has 0 fully saturated rings. The number of carbonyl (C=O) groups is 1. The number of hydrogen-bond donors (Lipinski definition) is 1. The number of benzene rings is 3. The van der Waals surface area contributed by atoms with E-state index in [1.807, 2.05) is 54.6 Å². The first-order valence-corrected chi connectivity index (χ1v) is 10.3. The smallest absolute Gasteiger partial charge is 0.231 e. The third-order valence-corrected chi connectivity index (χ3v) is 6.01. The monoisotopic (exact) mass is 415 g/mol. The Kier molecular flexibility index (Phi) is 4.69. The molecule has 5 nitrogen and oxygen atoms in total. The summed E-state index contributed by atoms with van der Waals surface area (Å²) in [5, 5.41) is 4.11. The molecule has 0 bridgehead atoms. The summed E-state index contributed by atoms with van der Waals surface area (Å²) in [6, 6.07) is 22.3. The predicted octanol–water partition coefficient (Wildman–Crippen LogP) is 4.84. The van der Waals surface area contributed by atoms with Crippen LogP contribution in [0, 0.1) is 0 Å². The summed E-state index contributed by atoms with van der Waals surface area (Å²) in [6.07, 6.45) is 0.231. The Hall–Kier alpha value is -3.64. The fourth-order valence-corrected chi connectivity index (χ4v) is 4.61. The van der Waals surface area contributed by atoms with Gasteiger partial charge in [0.25, 0.3) is 0 Å². The summed E-state index contributed by atoms with van der Waals surface area (Å²) in [4.78, 5) is 26.1. The number of ether oxygens (including phenoxy) is 2. The van der Waals surface area contributed by atoms with Crippen LogP contribution in [0.5, 0.6) is 11.5 Å². The Morgan fingerprint density at radius 1 is 0.933 bits per heavy atom. The number of fused-ring (bicyclic) bond motifs is 2. The predicted molar refractivity (Wildman–Crippen MR) is 118 cm³/mol. The van der Waals surface area contributed by atoms with Crippen molar-refractivity contribution in [2.45, 2.75) is 6.42 Å². The number of carbonyl (C=O) groups excluding carboxylic acids is 1. The highest BCUT2D eigenvalue weighted by molar-refractivity contribution is 7.22. The SMILES string of the molecule is O=C(Cc1ccccc1)Nc1sc2ccccc2c(=O)c1-c1ccc2c(c1)OCO2. The zero-order valence-corrected chi connectivity index (χ0v) is 16.7. The van der Waals surface area contributed by atoms with Crippen LogP contribution in [0.3, 0.4) is 0 Å². The van der Waals surface area contributed by atoms with Crippen molar-refractivity contribution < 1.29 is 14.3 Å². The molecule has 1 aliphatic rings. The van der Waals surface area contributed by atoms with Gasteiger partial charge in [0.05, 0.1) is 12.0 Å². The quantitative estimate of drug-likeness (QED) is 0.518. The topological polar surface area (TPSA) is 64.6 Å². The average molecular weight is 415 g/mol. The van der Waals surface area contributed by atoms with Gasteiger partial charge in [0, 0.05) is 10.1 Å².